The van der Waals surface area contributed by atoms with E-state index in [9.17, 15) is 20.1 Å². The largest absolute Gasteiger partial charge is 0.504 e. The second-order valence-corrected chi connectivity index (χ2v) is 7.06. The number of methoxy groups -OCH3 is 3. The first-order valence-electron chi connectivity index (χ1n) is 9.73. The number of carbonyl (C=O) groups excluding carboxylic acids is 1. The third kappa shape index (κ3) is 4.45. The molecular weight excluding hydrogens is 404 g/mol. The minimum atomic E-state index is -1.23. The van der Waals surface area contributed by atoms with Crippen LogP contribution in [0.3, 0.4) is 0 Å². The van der Waals surface area contributed by atoms with Crippen molar-refractivity contribution in [2.75, 3.05) is 27.9 Å². The molecule has 1 aliphatic rings. The van der Waals surface area contributed by atoms with E-state index < -0.39 is 18.8 Å². The van der Waals surface area contributed by atoms with Crippen LogP contribution >= 0.6 is 0 Å². The van der Waals surface area contributed by atoms with Gasteiger partial charge in [-0.15, -0.1) is 0 Å². The third-order valence-electron chi connectivity index (χ3n) is 5.27. The van der Waals surface area contributed by atoms with Crippen LogP contribution in [0, 0.1) is 0 Å². The third-order valence-corrected chi connectivity index (χ3v) is 5.27. The molecule has 0 saturated heterocycles. The molecule has 0 aromatic heterocycles. The highest BCUT2D eigenvalue weighted by Gasteiger charge is 2.29. The number of aliphatic hydroxyl groups excluding tert-OH is 2. The number of carbonyl (C=O) groups is 1. The van der Waals surface area contributed by atoms with Gasteiger partial charge in [-0.05, 0) is 53.8 Å². The fourth-order valence-corrected chi connectivity index (χ4v) is 3.62. The molecule has 8 nitrogen and oxygen atoms in total. The molecule has 0 spiro atoms. The van der Waals surface area contributed by atoms with Crippen LogP contribution in [-0.4, -0.2) is 55.6 Å². The maximum atomic E-state index is 11.2. The standard InChI is InChI=1S/C23H26O8/c1-28-18-9-14(5-7-17(18)26)21(27)20(12-25)31-23-19(29-2)10-15-8-13(11-24)4-6-16(15)22(23)30-3/h5,7-11,20-21,25-27H,4,6,12H2,1-3H3. The molecule has 0 radical (unpaired) electrons. The van der Waals surface area contributed by atoms with E-state index in [1.165, 1.54) is 39.5 Å². The Hall–Kier alpha value is -3.23. The van der Waals surface area contributed by atoms with E-state index in [0.717, 1.165) is 17.4 Å². The van der Waals surface area contributed by atoms with Crippen molar-refractivity contribution in [3.8, 4) is 28.7 Å². The van der Waals surface area contributed by atoms with Crippen molar-refractivity contribution < 1.29 is 39.1 Å². The van der Waals surface area contributed by atoms with E-state index >= 15 is 0 Å². The summed E-state index contributed by atoms with van der Waals surface area (Å²) >= 11 is 0. The van der Waals surface area contributed by atoms with Gasteiger partial charge in [0.2, 0.25) is 5.75 Å². The van der Waals surface area contributed by atoms with Crippen molar-refractivity contribution >= 4 is 12.4 Å². The van der Waals surface area contributed by atoms with E-state index in [0.29, 0.717) is 35.5 Å². The molecule has 2 aromatic rings. The SMILES string of the molecule is COc1cc(C(O)C(CO)Oc2c(OC)cc3c(c2OC)CCC(C=O)=C3)ccc1O. The summed E-state index contributed by atoms with van der Waals surface area (Å²) in [7, 11) is 4.37. The van der Waals surface area contributed by atoms with Crippen molar-refractivity contribution in [2.45, 2.75) is 25.0 Å². The number of hydrogen-bond donors (Lipinski definition) is 3. The van der Waals surface area contributed by atoms with E-state index in [2.05, 4.69) is 0 Å². The highest BCUT2D eigenvalue weighted by atomic mass is 16.6. The lowest BCUT2D eigenvalue weighted by Crippen LogP contribution is -2.29. The van der Waals surface area contributed by atoms with Gasteiger partial charge in [-0.3, -0.25) is 4.79 Å². The van der Waals surface area contributed by atoms with Gasteiger partial charge in [0, 0.05) is 5.56 Å². The Morgan fingerprint density at radius 3 is 2.39 bits per heavy atom. The summed E-state index contributed by atoms with van der Waals surface area (Å²) in [6.07, 6.45) is 1.47. The highest BCUT2D eigenvalue weighted by molar-refractivity contribution is 5.85. The second kappa shape index (κ2) is 9.72. The smallest absolute Gasteiger partial charge is 0.204 e. The summed E-state index contributed by atoms with van der Waals surface area (Å²) in [5.74, 6) is 1.13. The minimum Gasteiger partial charge on any atom is -0.504 e. The number of ether oxygens (including phenoxy) is 4. The van der Waals surface area contributed by atoms with Gasteiger partial charge < -0.3 is 34.3 Å². The molecule has 2 unspecified atom stereocenters. The Bertz CT molecular complexity index is 982. The van der Waals surface area contributed by atoms with Crippen molar-refractivity contribution in [3.05, 3.63) is 46.5 Å². The Labute approximate surface area is 180 Å². The molecular formula is C23H26O8. The molecule has 0 amide bonds. The fourth-order valence-electron chi connectivity index (χ4n) is 3.62. The Kier molecular flexibility index (Phi) is 7.04. The molecule has 8 heteroatoms. The predicted octanol–water partition coefficient (Wildman–Crippen LogP) is 2.42. The Balaban J connectivity index is 2.00. The van der Waals surface area contributed by atoms with Gasteiger partial charge in [0.05, 0.1) is 27.9 Å². The first kappa shape index (κ1) is 22.5. The summed E-state index contributed by atoms with van der Waals surface area (Å²) in [4.78, 5) is 11.2. The van der Waals surface area contributed by atoms with Gasteiger partial charge in [-0.2, -0.15) is 0 Å². The molecule has 2 aromatic carbocycles. The van der Waals surface area contributed by atoms with Gasteiger partial charge in [0.25, 0.3) is 0 Å². The van der Waals surface area contributed by atoms with E-state index in [4.69, 9.17) is 18.9 Å². The zero-order valence-electron chi connectivity index (χ0n) is 17.6. The molecule has 0 heterocycles. The van der Waals surface area contributed by atoms with Crippen LogP contribution in [0.25, 0.3) is 6.08 Å². The average Bonchev–Trinajstić information content (AvgIpc) is 2.81. The Morgan fingerprint density at radius 1 is 1.03 bits per heavy atom. The van der Waals surface area contributed by atoms with Gasteiger partial charge in [-0.1, -0.05) is 6.07 Å². The number of fused-ring (bicyclic) bond motifs is 1. The number of rotatable bonds is 9. The normalized spacial score (nSPS) is 14.7. The first-order valence-corrected chi connectivity index (χ1v) is 9.73. The monoisotopic (exact) mass is 430 g/mol. The van der Waals surface area contributed by atoms with Gasteiger partial charge in [-0.25, -0.2) is 0 Å². The number of aliphatic hydroxyl groups is 2. The summed E-state index contributed by atoms with van der Waals surface area (Å²) in [6, 6.07) is 6.11. The molecule has 3 N–H and O–H groups in total. The van der Waals surface area contributed by atoms with Crippen LogP contribution < -0.4 is 18.9 Å². The van der Waals surface area contributed by atoms with Crippen LogP contribution in [-0.2, 0) is 11.2 Å². The van der Waals surface area contributed by atoms with E-state index in [1.807, 2.05) is 0 Å². The summed E-state index contributed by atoms with van der Waals surface area (Å²) in [6.45, 7) is -0.497. The van der Waals surface area contributed by atoms with Crippen LogP contribution in [0.5, 0.6) is 28.7 Å². The first-order chi connectivity index (χ1) is 15.0. The number of phenols is 1. The van der Waals surface area contributed by atoms with Crippen molar-refractivity contribution in [2.24, 2.45) is 0 Å². The van der Waals surface area contributed by atoms with Crippen LogP contribution in [0.4, 0.5) is 0 Å². The maximum absolute atomic E-state index is 11.2. The second-order valence-electron chi connectivity index (χ2n) is 7.06. The van der Waals surface area contributed by atoms with Gasteiger partial charge >= 0.3 is 0 Å². The van der Waals surface area contributed by atoms with Crippen LogP contribution in [0.2, 0.25) is 0 Å². The van der Waals surface area contributed by atoms with E-state index in [1.54, 1.807) is 12.1 Å². The highest BCUT2D eigenvalue weighted by Crippen LogP contribution is 2.46. The zero-order valence-corrected chi connectivity index (χ0v) is 17.6. The molecule has 0 saturated carbocycles. The number of benzene rings is 2. The van der Waals surface area contributed by atoms with Gasteiger partial charge in [0.15, 0.2) is 29.1 Å². The molecule has 3 rings (SSSR count). The predicted molar refractivity (Wildman–Crippen MR) is 113 cm³/mol. The molecule has 0 aliphatic heterocycles. The lowest BCUT2D eigenvalue weighted by Gasteiger charge is -2.27. The topological polar surface area (TPSA) is 115 Å². The van der Waals surface area contributed by atoms with Crippen LogP contribution in [0.1, 0.15) is 29.2 Å². The molecule has 0 bridgehead atoms. The maximum Gasteiger partial charge on any atom is 0.204 e. The number of hydrogen-bond acceptors (Lipinski definition) is 8. The summed E-state index contributed by atoms with van der Waals surface area (Å²) in [5.41, 5.74) is 2.71. The Morgan fingerprint density at radius 2 is 1.77 bits per heavy atom. The molecule has 31 heavy (non-hydrogen) atoms. The molecule has 1 aliphatic carbocycles. The number of phenolic OH excluding ortho intramolecular Hbond substituents is 1. The fraction of sp³-hybridized carbons (Fsp3) is 0.348. The molecule has 166 valence electrons. The lowest BCUT2D eigenvalue weighted by atomic mass is 9.91. The van der Waals surface area contributed by atoms with Crippen molar-refractivity contribution in [1.82, 2.24) is 0 Å². The number of aldehydes is 1. The zero-order chi connectivity index (χ0) is 22.5. The minimum absolute atomic E-state index is 0.0688. The van der Waals surface area contributed by atoms with Gasteiger partial charge in [0.1, 0.15) is 12.4 Å². The van der Waals surface area contributed by atoms with Crippen molar-refractivity contribution in [3.63, 3.8) is 0 Å². The number of allylic oxidation sites excluding steroid dienone is 1. The lowest BCUT2D eigenvalue weighted by molar-refractivity contribution is -0.105. The number of aromatic hydroxyl groups is 1. The van der Waals surface area contributed by atoms with Crippen molar-refractivity contribution in [1.29, 1.82) is 0 Å². The summed E-state index contributed by atoms with van der Waals surface area (Å²) in [5, 5.41) is 30.6. The average molecular weight is 430 g/mol. The van der Waals surface area contributed by atoms with Crippen LogP contribution in [0.15, 0.2) is 29.8 Å². The quantitative estimate of drug-likeness (QED) is 0.520. The molecule has 2 atom stereocenters. The van der Waals surface area contributed by atoms with E-state index in [-0.39, 0.29) is 17.2 Å². The molecule has 0 fully saturated rings. The summed E-state index contributed by atoms with van der Waals surface area (Å²) < 4.78 is 22.2.